The van der Waals surface area contributed by atoms with Gasteiger partial charge in [0.25, 0.3) is 0 Å². The normalized spacial score (nSPS) is 18.5. The lowest BCUT2D eigenvalue weighted by atomic mass is 9.85. The van der Waals surface area contributed by atoms with Crippen molar-refractivity contribution in [3.63, 3.8) is 0 Å². The highest BCUT2D eigenvalue weighted by Gasteiger charge is 2.32. The Balaban J connectivity index is 0.00000192. The molecule has 0 unspecified atom stereocenters. The molecular formula is C23H26ClNO3. The number of benzene rings is 3. The van der Waals surface area contributed by atoms with Crippen LogP contribution in [0.3, 0.4) is 0 Å². The summed E-state index contributed by atoms with van der Waals surface area (Å²) in [6, 6.07) is 11.4. The van der Waals surface area contributed by atoms with E-state index in [1.165, 1.54) is 52.1 Å². The summed E-state index contributed by atoms with van der Waals surface area (Å²) in [4.78, 5) is 2.65. The van der Waals surface area contributed by atoms with Crippen molar-refractivity contribution in [3.05, 3.63) is 41.5 Å². The van der Waals surface area contributed by atoms with Crippen LogP contribution < -0.4 is 14.2 Å². The van der Waals surface area contributed by atoms with Crippen LogP contribution in [0.4, 0.5) is 0 Å². The number of halogens is 1. The Bertz CT molecular complexity index is 1050. The molecule has 0 N–H and O–H groups in total. The lowest BCUT2D eigenvalue weighted by molar-refractivity contribution is 0.229. The lowest BCUT2D eigenvalue weighted by Crippen LogP contribution is -2.35. The van der Waals surface area contributed by atoms with Crippen molar-refractivity contribution in [3.8, 4) is 17.2 Å². The van der Waals surface area contributed by atoms with Gasteiger partial charge in [-0.1, -0.05) is 6.07 Å². The number of hydrogen-bond acceptors (Lipinski definition) is 4. The first kappa shape index (κ1) is 19.2. The van der Waals surface area contributed by atoms with Crippen molar-refractivity contribution < 1.29 is 14.2 Å². The standard InChI is InChI=1S/C23H25NO3.ClH/c1-25-15-6-7-16-17-9-14-5-4-8-24(14)13-21(17)20-12-23(27-3)22(26-2)11-19(20)18(16)10-15;/h6-7,10-12,14H,4-5,8-9,13H2,1-3H3;1H/t14-;/m0./s1. The molecule has 1 atom stereocenters. The van der Waals surface area contributed by atoms with Crippen molar-refractivity contribution in [1.29, 1.82) is 0 Å². The molecule has 2 aliphatic heterocycles. The van der Waals surface area contributed by atoms with Gasteiger partial charge >= 0.3 is 0 Å². The third-order valence-corrected chi connectivity index (χ3v) is 6.36. The summed E-state index contributed by atoms with van der Waals surface area (Å²) in [6.45, 7) is 2.23. The number of rotatable bonds is 3. The van der Waals surface area contributed by atoms with E-state index >= 15 is 0 Å². The molecule has 28 heavy (non-hydrogen) atoms. The van der Waals surface area contributed by atoms with Crippen LogP contribution in [0.1, 0.15) is 24.0 Å². The van der Waals surface area contributed by atoms with Gasteiger partial charge in [0.2, 0.25) is 0 Å². The van der Waals surface area contributed by atoms with Gasteiger partial charge in [-0.25, -0.2) is 0 Å². The predicted molar refractivity (Wildman–Crippen MR) is 115 cm³/mol. The SMILES string of the molecule is COc1ccc2c3c(c4cc(OC)c(OC)cc4c2c1)CN1CCC[C@H]1C3.Cl. The monoisotopic (exact) mass is 399 g/mol. The molecule has 5 heteroatoms. The Morgan fingerprint density at radius 2 is 1.54 bits per heavy atom. The molecule has 0 amide bonds. The van der Waals surface area contributed by atoms with E-state index in [9.17, 15) is 0 Å². The second-order valence-corrected chi connectivity index (χ2v) is 7.59. The molecule has 0 radical (unpaired) electrons. The molecule has 0 spiro atoms. The summed E-state index contributed by atoms with van der Waals surface area (Å²) in [6.07, 6.45) is 3.74. The average Bonchev–Trinajstić information content (AvgIpc) is 3.18. The molecule has 0 saturated carbocycles. The zero-order chi connectivity index (χ0) is 18.5. The highest BCUT2D eigenvalue weighted by Crippen LogP contribution is 2.44. The fourth-order valence-corrected chi connectivity index (χ4v) is 5.00. The molecule has 2 aliphatic rings. The third kappa shape index (κ3) is 2.78. The number of nitrogens with zero attached hydrogens (tertiary/aromatic N) is 1. The molecule has 1 saturated heterocycles. The van der Waals surface area contributed by atoms with Gasteiger partial charge in [-0.05, 0) is 82.7 Å². The number of ether oxygens (including phenoxy) is 3. The lowest BCUT2D eigenvalue weighted by Gasteiger charge is -2.33. The van der Waals surface area contributed by atoms with Gasteiger partial charge in [-0.2, -0.15) is 0 Å². The van der Waals surface area contributed by atoms with Gasteiger partial charge in [-0.3, -0.25) is 4.90 Å². The Hall–Kier alpha value is -2.17. The molecule has 148 valence electrons. The van der Waals surface area contributed by atoms with E-state index in [1.807, 2.05) is 0 Å². The molecule has 0 aliphatic carbocycles. The van der Waals surface area contributed by atoms with Crippen LogP contribution in [0.15, 0.2) is 30.3 Å². The summed E-state index contributed by atoms with van der Waals surface area (Å²) in [5.41, 5.74) is 2.94. The minimum atomic E-state index is 0. The first-order valence-corrected chi connectivity index (χ1v) is 9.64. The second-order valence-electron chi connectivity index (χ2n) is 7.59. The van der Waals surface area contributed by atoms with E-state index in [0.717, 1.165) is 30.2 Å². The smallest absolute Gasteiger partial charge is 0.161 e. The highest BCUT2D eigenvalue weighted by molar-refractivity contribution is 6.12. The summed E-state index contributed by atoms with van der Waals surface area (Å²) >= 11 is 0. The molecule has 5 rings (SSSR count). The maximum Gasteiger partial charge on any atom is 0.161 e. The fourth-order valence-electron chi connectivity index (χ4n) is 5.00. The first-order valence-electron chi connectivity index (χ1n) is 9.64. The maximum absolute atomic E-state index is 5.62. The summed E-state index contributed by atoms with van der Waals surface area (Å²) in [5.74, 6) is 2.44. The van der Waals surface area contributed by atoms with Gasteiger partial charge in [0.15, 0.2) is 11.5 Å². The van der Waals surface area contributed by atoms with Crippen molar-refractivity contribution in [2.75, 3.05) is 27.9 Å². The minimum absolute atomic E-state index is 0. The predicted octanol–water partition coefficient (Wildman–Crippen LogP) is 4.96. The Labute approximate surface area is 171 Å². The van der Waals surface area contributed by atoms with Crippen molar-refractivity contribution >= 4 is 34.0 Å². The molecule has 0 aromatic heterocycles. The van der Waals surface area contributed by atoms with E-state index < -0.39 is 0 Å². The quantitative estimate of drug-likeness (QED) is 0.582. The van der Waals surface area contributed by atoms with Gasteiger partial charge in [0.05, 0.1) is 21.3 Å². The Kier molecular flexibility index (Phi) is 5.02. The van der Waals surface area contributed by atoms with Crippen LogP contribution in [-0.4, -0.2) is 38.8 Å². The topological polar surface area (TPSA) is 30.9 Å². The molecule has 0 bridgehead atoms. The first-order chi connectivity index (χ1) is 13.2. The molecule has 4 nitrogen and oxygen atoms in total. The van der Waals surface area contributed by atoms with Crippen molar-refractivity contribution in [1.82, 2.24) is 4.90 Å². The van der Waals surface area contributed by atoms with E-state index in [4.69, 9.17) is 14.2 Å². The van der Waals surface area contributed by atoms with E-state index in [1.54, 1.807) is 21.3 Å². The van der Waals surface area contributed by atoms with Gasteiger partial charge in [0, 0.05) is 12.6 Å². The van der Waals surface area contributed by atoms with Crippen LogP contribution in [0.25, 0.3) is 21.5 Å². The summed E-state index contributed by atoms with van der Waals surface area (Å²) in [7, 11) is 5.12. The molecule has 3 aromatic carbocycles. The Morgan fingerprint density at radius 3 is 2.25 bits per heavy atom. The number of methoxy groups -OCH3 is 3. The van der Waals surface area contributed by atoms with Crippen molar-refractivity contribution in [2.45, 2.75) is 31.8 Å². The zero-order valence-corrected chi connectivity index (χ0v) is 17.4. The van der Waals surface area contributed by atoms with Crippen LogP contribution in [-0.2, 0) is 13.0 Å². The summed E-state index contributed by atoms with van der Waals surface area (Å²) in [5, 5.41) is 5.05. The van der Waals surface area contributed by atoms with E-state index in [0.29, 0.717) is 6.04 Å². The minimum Gasteiger partial charge on any atom is -0.497 e. The Morgan fingerprint density at radius 1 is 0.821 bits per heavy atom. The van der Waals surface area contributed by atoms with Crippen molar-refractivity contribution in [2.24, 2.45) is 0 Å². The highest BCUT2D eigenvalue weighted by atomic mass is 35.5. The molecule has 3 aromatic rings. The second kappa shape index (κ2) is 7.34. The molecule has 2 heterocycles. The van der Waals surface area contributed by atoms with Crippen LogP contribution in [0, 0.1) is 0 Å². The fraction of sp³-hybridized carbons (Fsp3) is 0.391. The van der Waals surface area contributed by atoms with Gasteiger partial charge in [-0.15, -0.1) is 12.4 Å². The van der Waals surface area contributed by atoms with Crippen LogP contribution in [0.2, 0.25) is 0 Å². The third-order valence-electron chi connectivity index (χ3n) is 6.36. The van der Waals surface area contributed by atoms with E-state index in [2.05, 4.69) is 35.2 Å². The van der Waals surface area contributed by atoms with Crippen LogP contribution >= 0.6 is 12.4 Å². The average molecular weight is 400 g/mol. The van der Waals surface area contributed by atoms with Crippen LogP contribution in [0.5, 0.6) is 17.2 Å². The number of fused-ring (bicyclic) bond motifs is 7. The number of hydrogen-bond donors (Lipinski definition) is 0. The zero-order valence-electron chi connectivity index (χ0n) is 16.6. The molecular weight excluding hydrogens is 374 g/mol. The maximum atomic E-state index is 5.62. The van der Waals surface area contributed by atoms with Gasteiger partial charge < -0.3 is 14.2 Å². The largest absolute Gasteiger partial charge is 0.497 e. The molecule has 1 fully saturated rings. The summed E-state index contributed by atoms with van der Waals surface area (Å²) < 4.78 is 16.7. The van der Waals surface area contributed by atoms with E-state index in [-0.39, 0.29) is 12.4 Å². The van der Waals surface area contributed by atoms with Gasteiger partial charge in [0.1, 0.15) is 5.75 Å².